The van der Waals surface area contributed by atoms with Crippen LogP contribution >= 0.6 is 38.6 Å². The van der Waals surface area contributed by atoms with E-state index < -0.39 is 0 Å². The molecule has 2 heterocycles. The van der Waals surface area contributed by atoms with E-state index >= 15 is 0 Å². The molecule has 2 nitrogen and oxygen atoms in total. The van der Waals surface area contributed by atoms with Crippen LogP contribution in [0.25, 0.3) is 10.1 Å². The molecule has 3 aromatic rings. The molecule has 0 aliphatic heterocycles. The number of halogens is 1. The largest absolute Gasteiger partial charge is 0.271 e. The summed E-state index contributed by atoms with van der Waals surface area (Å²) in [5.74, 6) is 5.73. The van der Waals surface area contributed by atoms with Crippen molar-refractivity contribution in [2.24, 2.45) is 5.84 Å². The van der Waals surface area contributed by atoms with Gasteiger partial charge in [-0.3, -0.25) is 11.3 Å². The maximum Gasteiger partial charge on any atom is 0.0601 e. The van der Waals surface area contributed by atoms with Gasteiger partial charge in [-0.05, 0) is 39.5 Å². The molecule has 0 radical (unpaired) electrons. The third-order valence-corrected chi connectivity index (χ3v) is 5.97. The summed E-state index contributed by atoms with van der Waals surface area (Å²) in [6.07, 6.45) is 0.916. The third kappa shape index (κ3) is 2.90. The van der Waals surface area contributed by atoms with Crippen molar-refractivity contribution in [3.05, 3.63) is 56.0 Å². The highest BCUT2D eigenvalue weighted by Crippen LogP contribution is 2.32. The van der Waals surface area contributed by atoms with E-state index in [1.807, 2.05) is 0 Å². The Morgan fingerprint density at radius 3 is 2.79 bits per heavy atom. The van der Waals surface area contributed by atoms with Gasteiger partial charge in [-0.25, -0.2) is 0 Å². The van der Waals surface area contributed by atoms with Gasteiger partial charge in [0.25, 0.3) is 0 Å². The molecular formula is C14H13BrN2S2. The Labute approximate surface area is 128 Å². The number of thiophene rings is 2. The summed E-state index contributed by atoms with van der Waals surface area (Å²) in [5, 5.41) is 3.39. The molecule has 1 unspecified atom stereocenters. The van der Waals surface area contributed by atoms with Crippen molar-refractivity contribution >= 4 is 48.7 Å². The van der Waals surface area contributed by atoms with Crippen LogP contribution in [0.4, 0.5) is 0 Å². The first-order valence-electron chi connectivity index (χ1n) is 5.94. The molecule has 0 saturated heterocycles. The molecule has 5 heteroatoms. The Bertz CT molecular complexity index is 656. The van der Waals surface area contributed by atoms with Crippen molar-refractivity contribution in [3.63, 3.8) is 0 Å². The van der Waals surface area contributed by atoms with Crippen LogP contribution < -0.4 is 11.3 Å². The van der Waals surface area contributed by atoms with Crippen LogP contribution in [-0.2, 0) is 6.42 Å². The summed E-state index contributed by atoms with van der Waals surface area (Å²) in [7, 11) is 0. The minimum Gasteiger partial charge on any atom is -0.271 e. The molecule has 3 N–H and O–H groups in total. The monoisotopic (exact) mass is 352 g/mol. The fourth-order valence-corrected chi connectivity index (χ4v) is 4.70. The molecule has 0 aliphatic rings. The zero-order valence-corrected chi connectivity index (χ0v) is 13.3. The van der Waals surface area contributed by atoms with E-state index in [0.717, 1.165) is 10.9 Å². The van der Waals surface area contributed by atoms with Crippen molar-refractivity contribution in [3.8, 4) is 0 Å². The normalized spacial score (nSPS) is 12.9. The van der Waals surface area contributed by atoms with Gasteiger partial charge < -0.3 is 0 Å². The van der Waals surface area contributed by atoms with Crippen LogP contribution in [0.3, 0.4) is 0 Å². The average molecular weight is 353 g/mol. The molecule has 0 aliphatic carbocycles. The van der Waals surface area contributed by atoms with E-state index in [0.29, 0.717) is 0 Å². The highest BCUT2D eigenvalue weighted by Gasteiger charge is 2.14. The zero-order chi connectivity index (χ0) is 13.2. The summed E-state index contributed by atoms with van der Waals surface area (Å²) < 4.78 is 2.45. The average Bonchev–Trinajstić information content (AvgIpc) is 3.01. The van der Waals surface area contributed by atoms with Gasteiger partial charge in [0.15, 0.2) is 0 Å². The predicted molar refractivity (Wildman–Crippen MR) is 87.6 cm³/mol. The molecule has 0 amide bonds. The van der Waals surface area contributed by atoms with Crippen LogP contribution in [0.2, 0.25) is 0 Å². The molecule has 2 aromatic heterocycles. The van der Waals surface area contributed by atoms with E-state index in [1.54, 1.807) is 22.7 Å². The highest BCUT2D eigenvalue weighted by molar-refractivity contribution is 9.10. The zero-order valence-electron chi connectivity index (χ0n) is 10.1. The number of hydrazine groups is 1. The molecular weight excluding hydrogens is 340 g/mol. The van der Waals surface area contributed by atoms with E-state index in [9.17, 15) is 0 Å². The summed E-state index contributed by atoms with van der Waals surface area (Å²) in [6.45, 7) is 0. The number of nitrogens with one attached hydrogen (secondary N) is 1. The highest BCUT2D eigenvalue weighted by atomic mass is 79.9. The number of benzene rings is 1. The summed E-state index contributed by atoms with van der Waals surface area (Å²) in [6, 6.07) is 13.0. The molecule has 0 fully saturated rings. The molecule has 3 rings (SSSR count). The van der Waals surface area contributed by atoms with E-state index in [2.05, 4.69) is 63.1 Å². The molecule has 0 bridgehead atoms. The van der Waals surface area contributed by atoms with Gasteiger partial charge >= 0.3 is 0 Å². The maximum atomic E-state index is 5.73. The van der Waals surface area contributed by atoms with Crippen LogP contribution in [0.5, 0.6) is 0 Å². The number of rotatable bonds is 4. The second kappa shape index (κ2) is 5.73. The van der Waals surface area contributed by atoms with Gasteiger partial charge in [0, 0.05) is 30.7 Å². The van der Waals surface area contributed by atoms with E-state index in [-0.39, 0.29) is 6.04 Å². The maximum absolute atomic E-state index is 5.73. The van der Waals surface area contributed by atoms with Crippen molar-refractivity contribution in [1.82, 2.24) is 5.43 Å². The second-order valence-corrected chi connectivity index (χ2v) is 7.37. The minimum absolute atomic E-state index is 0.169. The van der Waals surface area contributed by atoms with Crippen molar-refractivity contribution in [2.45, 2.75) is 12.5 Å². The SMILES string of the molecule is NNC(Cc1cc(Br)cs1)c1cc2ccccc2s1. The lowest BCUT2D eigenvalue weighted by Gasteiger charge is -2.12. The Morgan fingerprint density at radius 1 is 1.26 bits per heavy atom. The first-order valence-corrected chi connectivity index (χ1v) is 8.42. The second-order valence-electron chi connectivity index (χ2n) is 4.34. The van der Waals surface area contributed by atoms with Crippen molar-refractivity contribution in [2.75, 3.05) is 0 Å². The lowest BCUT2D eigenvalue weighted by Crippen LogP contribution is -2.28. The first-order chi connectivity index (χ1) is 9.26. The summed E-state index contributed by atoms with van der Waals surface area (Å²) in [4.78, 5) is 2.61. The quantitative estimate of drug-likeness (QED) is 0.536. The van der Waals surface area contributed by atoms with Gasteiger partial charge in [0.2, 0.25) is 0 Å². The van der Waals surface area contributed by atoms with Crippen LogP contribution in [0, 0.1) is 0 Å². The van der Waals surface area contributed by atoms with Gasteiger partial charge in [-0.15, -0.1) is 22.7 Å². The minimum atomic E-state index is 0.169. The number of hydrogen-bond donors (Lipinski definition) is 2. The smallest absolute Gasteiger partial charge is 0.0601 e. The van der Waals surface area contributed by atoms with Crippen LogP contribution in [0.15, 0.2) is 46.3 Å². The lowest BCUT2D eigenvalue weighted by atomic mass is 10.1. The summed E-state index contributed by atoms with van der Waals surface area (Å²) in [5.41, 5.74) is 2.94. The lowest BCUT2D eigenvalue weighted by molar-refractivity contribution is 0.564. The van der Waals surface area contributed by atoms with Crippen LogP contribution in [-0.4, -0.2) is 0 Å². The Kier molecular flexibility index (Phi) is 4.00. The number of fused-ring (bicyclic) bond motifs is 1. The fourth-order valence-electron chi connectivity index (χ4n) is 2.08. The Balaban J connectivity index is 1.88. The number of nitrogens with two attached hydrogens (primary N) is 1. The predicted octanol–water partition coefficient (Wildman–Crippen LogP) is 4.47. The third-order valence-electron chi connectivity index (χ3n) is 3.02. The topological polar surface area (TPSA) is 38.0 Å². The molecule has 1 aromatic carbocycles. The molecule has 19 heavy (non-hydrogen) atoms. The van der Waals surface area contributed by atoms with Crippen molar-refractivity contribution < 1.29 is 0 Å². The molecule has 0 spiro atoms. The van der Waals surface area contributed by atoms with Crippen molar-refractivity contribution in [1.29, 1.82) is 0 Å². The van der Waals surface area contributed by atoms with Gasteiger partial charge in [-0.1, -0.05) is 18.2 Å². The summed E-state index contributed by atoms with van der Waals surface area (Å²) >= 11 is 7.05. The van der Waals surface area contributed by atoms with Gasteiger partial charge in [-0.2, -0.15) is 0 Å². The molecule has 98 valence electrons. The fraction of sp³-hybridized carbons (Fsp3) is 0.143. The standard InChI is InChI=1S/C14H13BrN2S2/c15-10-6-11(18-8-10)7-12(17-16)14-5-9-3-1-2-4-13(9)19-14/h1-6,8,12,17H,7,16H2. The first kappa shape index (κ1) is 13.3. The Hall–Kier alpha value is -0.720. The molecule has 0 saturated carbocycles. The van der Waals surface area contributed by atoms with Gasteiger partial charge in [0.05, 0.1) is 6.04 Å². The molecule has 1 atom stereocenters. The van der Waals surface area contributed by atoms with Crippen LogP contribution in [0.1, 0.15) is 15.8 Å². The Morgan fingerprint density at radius 2 is 2.11 bits per heavy atom. The number of hydrogen-bond acceptors (Lipinski definition) is 4. The van der Waals surface area contributed by atoms with E-state index in [4.69, 9.17) is 5.84 Å². The van der Waals surface area contributed by atoms with E-state index in [1.165, 1.54) is 19.8 Å². The van der Waals surface area contributed by atoms with Gasteiger partial charge in [0.1, 0.15) is 0 Å².